The molecule has 7 nitrogen and oxygen atoms in total. The molecule has 2 aromatic carbocycles. The van der Waals surface area contributed by atoms with E-state index in [0.717, 1.165) is 12.1 Å². The van der Waals surface area contributed by atoms with Crippen LogP contribution in [0.5, 0.6) is 0 Å². The van der Waals surface area contributed by atoms with Crippen molar-refractivity contribution in [3.05, 3.63) is 87.7 Å². The molecule has 0 radical (unpaired) electrons. The van der Waals surface area contributed by atoms with E-state index in [1.54, 1.807) is 12.3 Å². The number of nitro groups is 1. The fraction of sp³-hybridized carbons (Fsp3) is 0.200. The highest BCUT2D eigenvalue weighted by molar-refractivity contribution is 5.92. The molecule has 0 bridgehead atoms. The van der Waals surface area contributed by atoms with Gasteiger partial charge in [0.05, 0.1) is 10.6 Å². The maximum absolute atomic E-state index is 13.3. The van der Waals surface area contributed by atoms with Crippen LogP contribution in [0.2, 0.25) is 0 Å². The van der Waals surface area contributed by atoms with Gasteiger partial charge in [-0.25, -0.2) is 13.5 Å². The second-order valence-electron chi connectivity index (χ2n) is 6.58. The Morgan fingerprint density at radius 1 is 1.17 bits per heavy atom. The van der Waals surface area contributed by atoms with Crippen LogP contribution in [0.15, 0.2) is 54.7 Å². The van der Waals surface area contributed by atoms with Gasteiger partial charge in [0.25, 0.3) is 11.6 Å². The van der Waals surface area contributed by atoms with E-state index in [-0.39, 0.29) is 23.3 Å². The highest BCUT2D eigenvalue weighted by Gasteiger charge is 2.14. The largest absolute Gasteiger partial charge is 0.348 e. The van der Waals surface area contributed by atoms with E-state index in [1.807, 2.05) is 6.92 Å². The number of amides is 1. The molecule has 0 aliphatic heterocycles. The van der Waals surface area contributed by atoms with Gasteiger partial charge in [-0.2, -0.15) is 5.10 Å². The Bertz CT molecular complexity index is 1030. The van der Waals surface area contributed by atoms with E-state index in [4.69, 9.17) is 0 Å². The summed E-state index contributed by atoms with van der Waals surface area (Å²) in [5.74, 6) is -2.15. The van der Waals surface area contributed by atoms with Gasteiger partial charge in [0.2, 0.25) is 0 Å². The average molecular weight is 400 g/mol. The lowest BCUT2D eigenvalue weighted by molar-refractivity contribution is -0.384. The van der Waals surface area contributed by atoms with Gasteiger partial charge in [0, 0.05) is 24.4 Å². The predicted octanol–water partition coefficient (Wildman–Crippen LogP) is 3.81. The molecule has 1 N–H and O–H groups in total. The molecule has 1 heterocycles. The Labute approximate surface area is 165 Å². The lowest BCUT2D eigenvalue weighted by atomic mass is 10.1. The van der Waals surface area contributed by atoms with Gasteiger partial charge in [0.1, 0.15) is 0 Å². The molecule has 0 saturated heterocycles. The minimum Gasteiger partial charge on any atom is -0.348 e. The lowest BCUT2D eigenvalue weighted by Gasteiger charge is -2.13. The fourth-order valence-corrected chi connectivity index (χ4v) is 2.76. The molecule has 1 atom stereocenters. The third-order valence-corrected chi connectivity index (χ3v) is 4.37. The zero-order chi connectivity index (χ0) is 21.0. The molecule has 3 rings (SSSR count). The first-order valence-corrected chi connectivity index (χ1v) is 8.89. The summed E-state index contributed by atoms with van der Waals surface area (Å²) in [5.41, 5.74) is 1.39. The van der Waals surface area contributed by atoms with Crippen molar-refractivity contribution >= 4 is 11.6 Å². The number of nitrogens with zero attached hydrogens (tertiary/aromatic N) is 3. The number of aromatic nitrogens is 2. The smallest absolute Gasteiger partial charge is 0.271 e. The first-order chi connectivity index (χ1) is 13.8. The van der Waals surface area contributed by atoms with Crippen molar-refractivity contribution in [3.8, 4) is 5.69 Å². The number of nitrogens with one attached hydrogen (secondary N) is 1. The molecule has 0 saturated carbocycles. The van der Waals surface area contributed by atoms with Crippen LogP contribution in [0.3, 0.4) is 0 Å². The van der Waals surface area contributed by atoms with Crippen molar-refractivity contribution in [3.63, 3.8) is 0 Å². The molecule has 29 heavy (non-hydrogen) atoms. The van der Waals surface area contributed by atoms with Crippen molar-refractivity contribution in [2.24, 2.45) is 0 Å². The summed E-state index contributed by atoms with van der Waals surface area (Å²) in [7, 11) is 0. The minimum absolute atomic E-state index is 0.0336. The van der Waals surface area contributed by atoms with E-state index in [0.29, 0.717) is 24.1 Å². The van der Waals surface area contributed by atoms with E-state index in [1.165, 1.54) is 35.0 Å². The number of aryl methyl sites for hydroxylation is 1. The highest BCUT2D eigenvalue weighted by Crippen LogP contribution is 2.15. The number of benzene rings is 2. The van der Waals surface area contributed by atoms with Gasteiger partial charge in [-0.15, -0.1) is 0 Å². The van der Waals surface area contributed by atoms with Crippen molar-refractivity contribution < 1.29 is 18.5 Å². The molecular formula is C20H18F2N4O3. The summed E-state index contributed by atoms with van der Waals surface area (Å²) in [6.45, 7) is 1.81. The molecule has 0 spiro atoms. The number of carbonyl (C=O) groups excluding carboxylic acids is 1. The maximum atomic E-state index is 13.3. The van der Waals surface area contributed by atoms with Crippen molar-refractivity contribution in [2.45, 2.75) is 25.8 Å². The highest BCUT2D eigenvalue weighted by atomic mass is 19.2. The number of carbonyl (C=O) groups is 1. The molecule has 0 fully saturated rings. The van der Waals surface area contributed by atoms with Crippen LogP contribution < -0.4 is 5.32 Å². The third kappa shape index (κ3) is 5.01. The van der Waals surface area contributed by atoms with Crippen LogP contribution in [-0.4, -0.2) is 26.7 Å². The number of nitro benzene ring substituents is 1. The molecule has 0 aliphatic carbocycles. The molecule has 9 heteroatoms. The van der Waals surface area contributed by atoms with Crippen LogP contribution in [0.4, 0.5) is 14.5 Å². The third-order valence-electron chi connectivity index (χ3n) is 4.37. The number of hydrogen-bond donors (Lipinski definition) is 1. The Morgan fingerprint density at radius 3 is 2.55 bits per heavy atom. The first-order valence-electron chi connectivity index (χ1n) is 8.89. The van der Waals surface area contributed by atoms with Crippen LogP contribution in [-0.2, 0) is 6.42 Å². The van der Waals surface area contributed by atoms with E-state index >= 15 is 0 Å². The first kappa shape index (κ1) is 20.1. The SMILES string of the molecule is CC(CCc1ccc(F)c(F)c1)NC(=O)c1ccn(-c2ccc([N+](=O)[O-])cc2)n1. The minimum atomic E-state index is -0.893. The number of non-ortho nitro benzene ring substituents is 1. The maximum Gasteiger partial charge on any atom is 0.271 e. The van der Waals surface area contributed by atoms with Gasteiger partial charge in [0.15, 0.2) is 17.3 Å². The zero-order valence-corrected chi connectivity index (χ0v) is 15.5. The summed E-state index contributed by atoms with van der Waals surface area (Å²) in [5, 5.41) is 17.7. The quantitative estimate of drug-likeness (QED) is 0.482. The second kappa shape index (κ2) is 8.59. The van der Waals surface area contributed by atoms with Gasteiger partial charge >= 0.3 is 0 Å². The Morgan fingerprint density at radius 2 is 1.90 bits per heavy atom. The summed E-state index contributed by atoms with van der Waals surface area (Å²) >= 11 is 0. The topological polar surface area (TPSA) is 90.1 Å². The fourth-order valence-electron chi connectivity index (χ4n) is 2.76. The summed E-state index contributed by atoms with van der Waals surface area (Å²) in [6.07, 6.45) is 2.61. The molecule has 1 amide bonds. The number of rotatable bonds is 7. The molecule has 1 aromatic heterocycles. The van der Waals surface area contributed by atoms with Crippen LogP contribution in [0.1, 0.15) is 29.4 Å². The van der Waals surface area contributed by atoms with Gasteiger partial charge < -0.3 is 5.32 Å². The normalized spacial score (nSPS) is 11.8. The molecular weight excluding hydrogens is 382 g/mol. The van der Waals surface area contributed by atoms with Gasteiger partial charge in [-0.3, -0.25) is 14.9 Å². The monoisotopic (exact) mass is 400 g/mol. The average Bonchev–Trinajstić information content (AvgIpc) is 3.19. The Balaban J connectivity index is 1.57. The van der Waals surface area contributed by atoms with Crippen LogP contribution in [0, 0.1) is 21.7 Å². The van der Waals surface area contributed by atoms with Crippen LogP contribution in [0.25, 0.3) is 5.69 Å². The number of halogens is 2. The standard InChI is InChI=1S/C20H18F2N4O3/c1-13(2-3-14-4-9-17(21)18(22)12-14)23-20(27)19-10-11-25(24-19)15-5-7-16(8-6-15)26(28)29/h4-13H,2-3H2,1H3,(H,23,27). The molecule has 3 aromatic rings. The second-order valence-corrected chi connectivity index (χ2v) is 6.58. The Kier molecular flexibility index (Phi) is 5.96. The van der Waals surface area contributed by atoms with E-state index in [2.05, 4.69) is 10.4 Å². The van der Waals surface area contributed by atoms with Crippen molar-refractivity contribution in [1.82, 2.24) is 15.1 Å². The van der Waals surface area contributed by atoms with Gasteiger partial charge in [-0.1, -0.05) is 6.07 Å². The Hall–Kier alpha value is -3.62. The number of hydrogen-bond acceptors (Lipinski definition) is 4. The summed E-state index contributed by atoms with van der Waals surface area (Å²) < 4.78 is 27.7. The predicted molar refractivity (Wildman–Crippen MR) is 102 cm³/mol. The van der Waals surface area contributed by atoms with E-state index in [9.17, 15) is 23.7 Å². The zero-order valence-electron chi connectivity index (χ0n) is 15.5. The lowest BCUT2D eigenvalue weighted by Crippen LogP contribution is -2.33. The summed E-state index contributed by atoms with van der Waals surface area (Å²) in [6, 6.07) is 10.9. The van der Waals surface area contributed by atoms with Gasteiger partial charge in [-0.05, 0) is 55.7 Å². The van der Waals surface area contributed by atoms with Crippen molar-refractivity contribution in [1.29, 1.82) is 0 Å². The van der Waals surface area contributed by atoms with Crippen LogP contribution >= 0.6 is 0 Å². The molecule has 0 aliphatic rings. The van der Waals surface area contributed by atoms with Crippen molar-refractivity contribution in [2.75, 3.05) is 0 Å². The molecule has 150 valence electrons. The van der Waals surface area contributed by atoms with E-state index < -0.39 is 16.6 Å². The molecule has 1 unspecified atom stereocenters. The summed E-state index contributed by atoms with van der Waals surface area (Å²) in [4.78, 5) is 22.6.